The predicted molar refractivity (Wildman–Crippen MR) is 69.9 cm³/mol. The summed E-state index contributed by atoms with van der Waals surface area (Å²) in [7, 11) is 0. The van der Waals surface area contributed by atoms with Gasteiger partial charge in [-0.3, -0.25) is 4.79 Å². The van der Waals surface area contributed by atoms with Crippen LogP contribution in [0.25, 0.3) is 10.2 Å². The number of nitrogens with one attached hydrogen (secondary N) is 1. The van der Waals surface area contributed by atoms with E-state index < -0.39 is 11.4 Å². The lowest BCUT2D eigenvalue weighted by Crippen LogP contribution is -2.24. The van der Waals surface area contributed by atoms with Crippen LogP contribution in [0.2, 0.25) is 0 Å². The second-order valence-electron chi connectivity index (χ2n) is 4.74. The molecule has 1 aliphatic carbocycles. The Morgan fingerprint density at radius 1 is 1.56 bits per heavy atom. The van der Waals surface area contributed by atoms with Gasteiger partial charge in [0, 0.05) is 11.4 Å². The van der Waals surface area contributed by atoms with Crippen molar-refractivity contribution in [1.29, 1.82) is 0 Å². The van der Waals surface area contributed by atoms with Crippen molar-refractivity contribution < 1.29 is 9.90 Å². The first-order valence-corrected chi connectivity index (χ1v) is 6.61. The zero-order chi connectivity index (χ0) is 12.8. The Morgan fingerprint density at radius 3 is 3.00 bits per heavy atom. The number of nitrogens with zero attached hydrogens (tertiary/aromatic N) is 2. The number of thiophene rings is 1. The normalized spacial score (nSPS) is 16.7. The Balaban J connectivity index is 1.85. The largest absolute Gasteiger partial charge is 0.481 e. The Kier molecular flexibility index (Phi) is 2.48. The summed E-state index contributed by atoms with van der Waals surface area (Å²) >= 11 is 1.61. The van der Waals surface area contributed by atoms with Crippen molar-refractivity contribution in [3.63, 3.8) is 0 Å². The van der Waals surface area contributed by atoms with Crippen LogP contribution in [0, 0.1) is 12.3 Å². The van der Waals surface area contributed by atoms with Gasteiger partial charge < -0.3 is 10.4 Å². The molecule has 0 unspecified atom stereocenters. The Hall–Kier alpha value is -1.69. The number of anilines is 1. The number of hydrogen-bond acceptors (Lipinski definition) is 5. The van der Waals surface area contributed by atoms with E-state index in [0.29, 0.717) is 6.54 Å². The summed E-state index contributed by atoms with van der Waals surface area (Å²) in [6, 6.07) is 2.03. The van der Waals surface area contributed by atoms with Gasteiger partial charge >= 0.3 is 5.97 Å². The number of carboxylic acid groups (broad SMARTS) is 1. The number of aliphatic carboxylic acids is 1. The molecule has 94 valence electrons. The molecule has 0 spiro atoms. The van der Waals surface area contributed by atoms with E-state index in [4.69, 9.17) is 5.11 Å². The minimum atomic E-state index is -0.721. The van der Waals surface area contributed by atoms with E-state index in [2.05, 4.69) is 15.3 Å². The lowest BCUT2D eigenvalue weighted by atomic mass is 10.1. The third-order valence-electron chi connectivity index (χ3n) is 3.35. The summed E-state index contributed by atoms with van der Waals surface area (Å²) in [6.45, 7) is 2.46. The Bertz CT molecular complexity index is 619. The van der Waals surface area contributed by atoms with Gasteiger partial charge in [0.25, 0.3) is 0 Å². The van der Waals surface area contributed by atoms with Crippen LogP contribution in [0.5, 0.6) is 0 Å². The number of carboxylic acids is 1. The summed E-state index contributed by atoms with van der Waals surface area (Å²) in [4.78, 5) is 21.6. The SMILES string of the molecule is Cc1cc2c(NCC3(C(=O)O)CC3)ncnc2s1. The first kappa shape index (κ1) is 11.4. The third kappa shape index (κ3) is 1.82. The van der Waals surface area contributed by atoms with E-state index in [-0.39, 0.29) is 0 Å². The van der Waals surface area contributed by atoms with Crippen molar-refractivity contribution in [2.24, 2.45) is 5.41 Å². The molecule has 3 rings (SSSR count). The van der Waals surface area contributed by atoms with Crippen LogP contribution >= 0.6 is 11.3 Å². The summed E-state index contributed by atoms with van der Waals surface area (Å²) in [5, 5.41) is 13.3. The summed E-state index contributed by atoms with van der Waals surface area (Å²) in [5.74, 6) is 0.0127. The van der Waals surface area contributed by atoms with Gasteiger partial charge in [-0.1, -0.05) is 0 Å². The lowest BCUT2D eigenvalue weighted by Gasteiger charge is -2.11. The van der Waals surface area contributed by atoms with Crippen molar-refractivity contribution >= 4 is 33.3 Å². The maximum absolute atomic E-state index is 11.1. The van der Waals surface area contributed by atoms with Crippen LogP contribution in [0.15, 0.2) is 12.4 Å². The molecule has 18 heavy (non-hydrogen) atoms. The predicted octanol–water partition coefficient (Wildman–Crippen LogP) is 2.28. The maximum atomic E-state index is 11.1. The fourth-order valence-corrected chi connectivity index (χ4v) is 2.83. The fourth-order valence-electron chi connectivity index (χ4n) is 1.99. The first-order chi connectivity index (χ1) is 8.61. The third-order valence-corrected chi connectivity index (χ3v) is 4.31. The minimum Gasteiger partial charge on any atom is -0.481 e. The van der Waals surface area contributed by atoms with Gasteiger partial charge in [0.2, 0.25) is 0 Å². The molecule has 6 heteroatoms. The van der Waals surface area contributed by atoms with E-state index in [1.807, 2.05) is 13.0 Å². The zero-order valence-electron chi connectivity index (χ0n) is 9.93. The van der Waals surface area contributed by atoms with Crippen molar-refractivity contribution in [2.45, 2.75) is 19.8 Å². The van der Waals surface area contributed by atoms with E-state index in [9.17, 15) is 4.79 Å². The molecular formula is C12H13N3O2S. The number of aryl methyl sites for hydroxylation is 1. The van der Waals surface area contributed by atoms with Gasteiger partial charge in [-0.05, 0) is 25.8 Å². The van der Waals surface area contributed by atoms with Crippen molar-refractivity contribution in [3.05, 3.63) is 17.3 Å². The maximum Gasteiger partial charge on any atom is 0.311 e. The molecule has 1 saturated carbocycles. The summed E-state index contributed by atoms with van der Waals surface area (Å²) in [6.07, 6.45) is 3.00. The summed E-state index contributed by atoms with van der Waals surface area (Å²) in [5.41, 5.74) is -0.581. The first-order valence-electron chi connectivity index (χ1n) is 5.79. The topological polar surface area (TPSA) is 75.1 Å². The van der Waals surface area contributed by atoms with E-state index in [1.165, 1.54) is 11.2 Å². The van der Waals surface area contributed by atoms with E-state index in [0.717, 1.165) is 28.9 Å². The zero-order valence-corrected chi connectivity index (χ0v) is 10.8. The second kappa shape index (κ2) is 3.91. The van der Waals surface area contributed by atoms with Crippen molar-refractivity contribution in [1.82, 2.24) is 9.97 Å². The molecule has 1 fully saturated rings. The molecule has 2 aromatic rings. The Morgan fingerprint density at radius 2 is 2.33 bits per heavy atom. The molecule has 0 amide bonds. The molecule has 0 radical (unpaired) electrons. The lowest BCUT2D eigenvalue weighted by molar-refractivity contribution is -0.142. The molecule has 0 bridgehead atoms. The van der Waals surface area contributed by atoms with Crippen LogP contribution in [0.1, 0.15) is 17.7 Å². The molecule has 5 nitrogen and oxygen atoms in total. The van der Waals surface area contributed by atoms with Gasteiger partial charge in [0.15, 0.2) is 0 Å². The number of aromatic nitrogens is 2. The fraction of sp³-hybridized carbons (Fsp3) is 0.417. The number of carbonyl (C=O) groups is 1. The number of rotatable bonds is 4. The molecule has 1 aliphatic rings. The van der Waals surface area contributed by atoms with Gasteiger partial charge in [0.1, 0.15) is 17.0 Å². The van der Waals surface area contributed by atoms with Gasteiger partial charge in [-0.15, -0.1) is 11.3 Å². The monoisotopic (exact) mass is 263 g/mol. The molecule has 0 saturated heterocycles. The molecule has 2 N–H and O–H groups in total. The summed E-state index contributed by atoms with van der Waals surface area (Å²) < 4.78 is 0. The second-order valence-corrected chi connectivity index (χ2v) is 5.97. The number of hydrogen-bond donors (Lipinski definition) is 2. The van der Waals surface area contributed by atoms with Crippen LogP contribution in [-0.4, -0.2) is 27.6 Å². The van der Waals surface area contributed by atoms with Crippen LogP contribution in [0.3, 0.4) is 0 Å². The smallest absolute Gasteiger partial charge is 0.311 e. The van der Waals surface area contributed by atoms with Gasteiger partial charge in [-0.25, -0.2) is 9.97 Å². The molecule has 0 aromatic carbocycles. The van der Waals surface area contributed by atoms with Crippen LogP contribution in [-0.2, 0) is 4.79 Å². The van der Waals surface area contributed by atoms with E-state index in [1.54, 1.807) is 11.3 Å². The molecule has 0 atom stereocenters. The van der Waals surface area contributed by atoms with Gasteiger partial charge in [-0.2, -0.15) is 0 Å². The Labute approximate surface area is 108 Å². The quantitative estimate of drug-likeness (QED) is 0.885. The van der Waals surface area contributed by atoms with Crippen molar-refractivity contribution in [2.75, 3.05) is 11.9 Å². The van der Waals surface area contributed by atoms with E-state index >= 15 is 0 Å². The standard InChI is InChI=1S/C12H13N3O2S/c1-7-4-8-9(14-6-15-10(8)18-7)13-5-12(2-3-12)11(16)17/h4,6H,2-3,5H2,1H3,(H,16,17)(H,13,14,15). The van der Waals surface area contributed by atoms with Crippen molar-refractivity contribution in [3.8, 4) is 0 Å². The highest BCUT2D eigenvalue weighted by molar-refractivity contribution is 7.18. The molecule has 2 aromatic heterocycles. The van der Waals surface area contributed by atoms with Crippen LogP contribution in [0.4, 0.5) is 5.82 Å². The van der Waals surface area contributed by atoms with Crippen LogP contribution < -0.4 is 5.32 Å². The highest BCUT2D eigenvalue weighted by atomic mass is 32.1. The average Bonchev–Trinajstić information content (AvgIpc) is 3.02. The molecule has 0 aliphatic heterocycles. The average molecular weight is 263 g/mol. The molecular weight excluding hydrogens is 250 g/mol. The highest BCUT2D eigenvalue weighted by Gasteiger charge is 2.50. The highest BCUT2D eigenvalue weighted by Crippen LogP contribution is 2.46. The van der Waals surface area contributed by atoms with Gasteiger partial charge in [0.05, 0.1) is 10.8 Å². The minimum absolute atomic E-state index is 0.434. The molecule has 2 heterocycles. The number of fused-ring (bicyclic) bond motifs is 1.